The largest absolute Gasteiger partial charge is 0.493 e. The summed E-state index contributed by atoms with van der Waals surface area (Å²) in [6.07, 6.45) is 0.622. The summed E-state index contributed by atoms with van der Waals surface area (Å²) in [4.78, 5) is 21.3. The molecule has 0 aromatic heterocycles. The number of nitro groups is 1. The van der Waals surface area contributed by atoms with Crippen molar-refractivity contribution >= 4 is 22.0 Å². The number of aldehydes is 1. The number of carbonyl (C=O) groups is 1. The third-order valence-corrected chi connectivity index (χ3v) is 5.18. The van der Waals surface area contributed by atoms with Crippen molar-refractivity contribution in [3.63, 3.8) is 0 Å². The van der Waals surface area contributed by atoms with E-state index < -0.39 is 26.2 Å². The van der Waals surface area contributed by atoms with Gasteiger partial charge in [-0.05, 0) is 51.1 Å². The number of nitrogens with zero attached hydrogens (tertiary/aromatic N) is 1. The monoisotopic (exact) mass is 408 g/mol. The van der Waals surface area contributed by atoms with Crippen molar-refractivity contribution in [2.24, 2.45) is 0 Å². The molecule has 10 heteroatoms. The SMILES string of the molecule is COc1cc(C=O)ccc1Oc1ccc(S(=O)(=O)NC(C)(C)C)cc1[N+](=O)[O-]. The van der Waals surface area contributed by atoms with E-state index in [2.05, 4.69) is 4.72 Å². The van der Waals surface area contributed by atoms with Crippen molar-refractivity contribution in [3.05, 3.63) is 52.1 Å². The molecule has 0 radical (unpaired) electrons. The molecule has 2 aromatic rings. The number of ether oxygens (including phenoxy) is 2. The van der Waals surface area contributed by atoms with Crippen LogP contribution in [0.25, 0.3) is 0 Å². The lowest BCUT2D eigenvalue weighted by Gasteiger charge is -2.20. The smallest absolute Gasteiger partial charge is 0.312 e. The third kappa shape index (κ3) is 5.05. The normalized spacial score (nSPS) is 11.7. The van der Waals surface area contributed by atoms with Crippen molar-refractivity contribution in [2.75, 3.05) is 7.11 Å². The number of nitrogens with one attached hydrogen (secondary N) is 1. The van der Waals surface area contributed by atoms with Crippen LogP contribution in [0.4, 0.5) is 5.69 Å². The average molecular weight is 408 g/mol. The van der Waals surface area contributed by atoms with Crippen LogP contribution in [0.15, 0.2) is 41.3 Å². The van der Waals surface area contributed by atoms with Gasteiger partial charge in [0, 0.05) is 17.2 Å². The summed E-state index contributed by atoms with van der Waals surface area (Å²) in [6.45, 7) is 4.98. The number of carbonyl (C=O) groups excluding carboxylic acids is 1. The van der Waals surface area contributed by atoms with E-state index in [1.165, 1.54) is 37.4 Å². The Morgan fingerprint density at radius 2 is 1.71 bits per heavy atom. The summed E-state index contributed by atoms with van der Waals surface area (Å²) in [7, 11) is -2.60. The van der Waals surface area contributed by atoms with Gasteiger partial charge in [0.05, 0.1) is 16.9 Å². The van der Waals surface area contributed by atoms with Gasteiger partial charge in [-0.15, -0.1) is 0 Å². The molecule has 0 aliphatic heterocycles. The molecule has 9 nitrogen and oxygen atoms in total. The molecule has 0 saturated carbocycles. The zero-order valence-electron chi connectivity index (χ0n) is 15.8. The van der Waals surface area contributed by atoms with E-state index in [1.54, 1.807) is 20.8 Å². The Morgan fingerprint density at radius 1 is 1.07 bits per heavy atom. The predicted molar refractivity (Wildman–Crippen MR) is 102 cm³/mol. The Hall–Kier alpha value is -2.98. The number of benzene rings is 2. The number of rotatable bonds is 7. The molecule has 2 aromatic carbocycles. The maximum atomic E-state index is 12.4. The first-order chi connectivity index (χ1) is 13.0. The maximum absolute atomic E-state index is 12.4. The van der Waals surface area contributed by atoms with E-state index in [9.17, 15) is 23.3 Å². The van der Waals surface area contributed by atoms with Crippen molar-refractivity contribution in [2.45, 2.75) is 31.2 Å². The summed E-state index contributed by atoms with van der Waals surface area (Å²) in [6, 6.07) is 7.64. The van der Waals surface area contributed by atoms with Gasteiger partial charge in [0.1, 0.15) is 6.29 Å². The lowest BCUT2D eigenvalue weighted by Crippen LogP contribution is -2.40. The number of sulfonamides is 1. The fraction of sp³-hybridized carbons (Fsp3) is 0.278. The summed E-state index contributed by atoms with van der Waals surface area (Å²) in [5.74, 6) is 0.168. The van der Waals surface area contributed by atoms with Crippen LogP contribution in [-0.2, 0) is 10.0 Å². The Morgan fingerprint density at radius 3 is 2.25 bits per heavy atom. The Kier molecular flexibility index (Phi) is 6.05. The van der Waals surface area contributed by atoms with Crippen LogP contribution < -0.4 is 14.2 Å². The van der Waals surface area contributed by atoms with Gasteiger partial charge >= 0.3 is 5.69 Å². The average Bonchev–Trinajstić information content (AvgIpc) is 2.60. The van der Waals surface area contributed by atoms with E-state index in [0.29, 0.717) is 11.8 Å². The molecular formula is C18H20N2O7S. The van der Waals surface area contributed by atoms with Gasteiger partial charge in [-0.2, -0.15) is 0 Å². The van der Waals surface area contributed by atoms with Crippen LogP contribution in [0, 0.1) is 10.1 Å². The highest BCUT2D eigenvalue weighted by Gasteiger charge is 2.26. The minimum atomic E-state index is -3.96. The maximum Gasteiger partial charge on any atom is 0.312 e. The van der Waals surface area contributed by atoms with E-state index in [0.717, 1.165) is 6.07 Å². The second-order valence-electron chi connectivity index (χ2n) is 6.87. The second kappa shape index (κ2) is 7.95. The van der Waals surface area contributed by atoms with Gasteiger partial charge in [0.25, 0.3) is 0 Å². The van der Waals surface area contributed by atoms with Crippen LogP contribution >= 0.6 is 0 Å². The summed E-state index contributed by atoms with van der Waals surface area (Å²) >= 11 is 0. The number of nitro benzene ring substituents is 1. The van der Waals surface area contributed by atoms with E-state index in [-0.39, 0.29) is 22.1 Å². The molecule has 0 unspecified atom stereocenters. The first-order valence-corrected chi connectivity index (χ1v) is 9.58. The highest BCUT2D eigenvalue weighted by molar-refractivity contribution is 7.89. The van der Waals surface area contributed by atoms with Crippen molar-refractivity contribution in [1.29, 1.82) is 0 Å². The standard InChI is InChI=1S/C18H20N2O7S/c1-18(2,3)19-28(24,25)13-6-8-15(14(10-13)20(22)23)27-16-7-5-12(11-21)9-17(16)26-4/h5-11,19H,1-4H3. The number of hydrogen-bond donors (Lipinski definition) is 1. The molecule has 0 bridgehead atoms. The molecular weight excluding hydrogens is 388 g/mol. The van der Waals surface area contributed by atoms with Crippen molar-refractivity contribution in [1.82, 2.24) is 4.72 Å². The summed E-state index contributed by atoms with van der Waals surface area (Å²) in [5.41, 5.74) is -0.942. The Balaban J connectivity index is 2.47. The lowest BCUT2D eigenvalue weighted by atomic mass is 10.1. The lowest BCUT2D eigenvalue weighted by molar-refractivity contribution is -0.385. The molecule has 0 heterocycles. The number of methoxy groups -OCH3 is 1. The molecule has 0 atom stereocenters. The number of hydrogen-bond acceptors (Lipinski definition) is 7. The van der Waals surface area contributed by atoms with Gasteiger partial charge in [-0.1, -0.05) is 0 Å². The van der Waals surface area contributed by atoms with Gasteiger partial charge in [0.15, 0.2) is 11.5 Å². The molecule has 28 heavy (non-hydrogen) atoms. The van der Waals surface area contributed by atoms with E-state index in [4.69, 9.17) is 9.47 Å². The molecule has 0 aliphatic carbocycles. The first kappa shape index (κ1) is 21.3. The second-order valence-corrected chi connectivity index (χ2v) is 8.55. The van der Waals surface area contributed by atoms with Crippen LogP contribution in [0.3, 0.4) is 0 Å². The zero-order valence-corrected chi connectivity index (χ0v) is 16.6. The van der Waals surface area contributed by atoms with E-state index >= 15 is 0 Å². The summed E-state index contributed by atoms with van der Waals surface area (Å²) < 4.78 is 38.0. The quantitative estimate of drug-likeness (QED) is 0.423. The predicted octanol–water partition coefficient (Wildman–Crippen LogP) is 3.29. The van der Waals surface area contributed by atoms with Gasteiger partial charge in [-0.25, -0.2) is 13.1 Å². The van der Waals surface area contributed by atoms with Gasteiger partial charge in [0.2, 0.25) is 15.8 Å². The van der Waals surface area contributed by atoms with E-state index in [1.807, 2.05) is 0 Å². The fourth-order valence-electron chi connectivity index (χ4n) is 2.32. The van der Waals surface area contributed by atoms with Crippen LogP contribution in [0.2, 0.25) is 0 Å². The zero-order chi connectivity index (χ0) is 21.1. The highest BCUT2D eigenvalue weighted by Crippen LogP contribution is 2.37. The van der Waals surface area contributed by atoms with Crippen LogP contribution in [-0.4, -0.2) is 32.3 Å². The molecule has 0 aliphatic rings. The van der Waals surface area contributed by atoms with Crippen molar-refractivity contribution in [3.8, 4) is 17.2 Å². The molecule has 1 N–H and O–H groups in total. The highest BCUT2D eigenvalue weighted by atomic mass is 32.2. The summed E-state index contributed by atoms with van der Waals surface area (Å²) in [5, 5.41) is 11.5. The van der Waals surface area contributed by atoms with Crippen molar-refractivity contribution < 1.29 is 27.6 Å². The topological polar surface area (TPSA) is 125 Å². The minimum Gasteiger partial charge on any atom is -0.493 e. The molecule has 0 spiro atoms. The van der Waals surface area contributed by atoms with Gasteiger partial charge < -0.3 is 9.47 Å². The third-order valence-electron chi connectivity index (χ3n) is 3.42. The minimum absolute atomic E-state index is 0.139. The van der Waals surface area contributed by atoms with Crippen LogP contribution in [0.5, 0.6) is 17.2 Å². The van der Waals surface area contributed by atoms with Gasteiger partial charge in [-0.3, -0.25) is 14.9 Å². The molecule has 0 amide bonds. The first-order valence-electron chi connectivity index (χ1n) is 8.10. The molecule has 0 saturated heterocycles. The molecule has 150 valence electrons. The Bertz CT molecular complexity index is 1010. The van der Waals surface area contributed by atoms with Crippen LogP contribution in [0.1, 0.15) is 31.1 Å². The molecule has 0 fully saturated rings. The Labute approximate surface area is 162 Å². The molecule has 2 rings (SSSR count). The fourth-order valence-corrected chi connectivity index (χ4v) is 3.75.